The van der Waals surface area contributed by atoms with Crippen LogP contribution in [0.1, 0.15) is 56.8 Å². The van der Waals surface area contributed by atoms with E-state index in [1.165, 1.54) is 69.2 Å². The minimum Gasteiger partial charge on any atom is -0.505 e. The molecule has 7 N–H and O–H groups in total. The summed E-state index contributed by atoms with van der Waals surface area (Å²) in [5, 5.41) is 47.3. The lowest BCUT2D eigenvalue weighted by atomic mass is 9.98. The van der Waals surface area contributed by atoms with Crippen molar-refractivity contribution in [3.05, 3.63) is 127 Å². The van der Waals surface area contributed by atoms with Gasteiger partial charge in [-0.3, -0.25) is 43.1 Å². The van der Waals surface area contributed by atoms with Gasteiger partial charge in [-0.05, 0) is 49.2 Å². The molecule has 4 aromatic heterocycles. The molecule has 23 heteroatoms. The second-order valence-electron chi connectivity index (χ2n) is 15.6. The monoisotopic (exact) mass is 965 g/mol. The summed E-state index contributed by atoms with van der Waals surface area (Å²) in [5.41, 5.74) is -3.61. The average Bonchev–Trinajstić information content (AvgIpc) is 3.28. The Morgan fingerprint density at radius 3 is 1.46 bits per heavy atom. The molecule has 2 aliphatic rings. The van der Waals surface area contributed by atoms with E-state index in [0.717, 1.165) is 10.1 Å². The number of hydrogen-bond donors (Lipinski definition) is 7. The number of pyridine rings is 4. The third-order valence-corrected chi connectivity index (χ3v) is 11.0. The van der Waals surface area contributed by atoms with E-state index < -0.39 is 86.8 Å². The summed E-state index contributed by atoms with van der Waals surface area (Å²) >= 11 is 0. The molecule has 354 valence electrons. The molecular formula is C44H45F2N7O12S2. The van der Waals surface area contributed by atoms with Crippen molar-refractivity contribution in [2.75, 3.05) is 27.2 Å². The summed E-state index contributed by atoms with van der Waals surface area (Å²) < 4.78 is 40.9. The van der Waals surface area contributed by atoms with Crippen molar-refractivity contribution >= 4 is 72.7 Å². The topological polar surface area (TPSA) is 274 Å². The highest BCUT2D eigenvalue weighted by Crippen LogP contribution is 2.42. The van der Waals surface area contributed by atoms with E-state index in [1.54, 1.807) is 24.3 Å². The number of aliphatic hydroxyl groups is 1. The third-order valence-electron chi connectivity index (χ3n) is 11.0. The zero-order valence-electron chi connectivity index (χ0n) is 36.1. The summed E-state index contributed by atoms with van der Waals surface area (Å²) in [6.07, 6.45) is 3.23. The Hall–Kier alpha value is -7.24. The lowest BCUT2D eigenvalue weighted by Gasteiger charge is -2.36. The van der Waals surface area contributed by atoms with Crippen molar-refractivity contribution in [3.8, 4) is 23.0 Å². The minimum atomic E-state index is -1.81. The van der Waals surface area contributed by atoms with Gasteiger partial charge in [-0.15, -0.1) is 0 Å². The van der Waals surface area contributed by atoms with Crippen LogP contribution in [0.4, 0.5) is 8.78 Å². The maximum absolute atomic E-state index is 13.4. The maximum atomic E-state index is 13.4. The van der Waals surface area contributed by atoms with Gasteiger partial charge in [0, 0.05) is 57.0 Å². The second-order valence-corrected chi connectivity index (χ2v) is 15.6. The number of carbonyl (C=O) groups is 4. The Kier molecular flexibility index (Phi) is 14.9. The Labute approximate surface area is 392 Å². The van der Waals surface area contributed by atoms with Crippen LogP contribution in [-0.2, 0) is 35.5 Å². The lowest BCUT2D eigenvalue weighted by molar-refractivity contribution is -0.155. The molecule has 0 spiro atoms. The fourth-order valence-corrected chi connectivity index (χ4v) is 7.59. The number of carbonyl (C=O) groups excluding carboxylic acids is 3. The Balaban J connectivity index is 0.000000244. The molecule has 2 aromatic carbocycles. The van der Waals surface area contributed by atoms with Crippen LogP contribution in [0.5, 0.6) is 23.0 Å². The molecule has 0 saturated heterocycles. The summed E-state index contributed by atoms with van der Waals surface area (Å²) in [6.45, 7) is 1.82. The molecule has 0 fully saturated rings. The summed E-state index contributed by atoms with van der Waals surface area (Å²) in [6, 6.07) is 11.5. The Bertz CT molecular complexity index is 3080. The van der Waals surface area contributed by atoms with E-state index in [4.69, 9.17) is 14.6 Å². The smallest absolute Gasteiger partial charge is 0.349 e. The first-order chi connectivity index (χ1) is 30.9. The molecule has 67 heavy (non-hydrogen) atoms. The standard InChI is InChI=1S/C23H23FN4O6.C21H18FN3O6.2H2S/c1-23(22(33)26-7-8-29)11-28-17-16(18(30)15(21(28)32)20(31)25-2)27-10-13(19(17)34-23)9-12-3-5-14(24)6-4-12;1-21(20(29)30)9-25-15-14(16(26)13(19(25)28)18(27)23-2)24-8-11(17(15)31-21)7-10-3-5-12(22)6-4-10;;/h3-6,10,29-30H,7-9,11H2,1-2H3,(H,25,31)(H,26,33);3-6,8,26H,7,9H2,1-2H3,(H,23,27)(H,29,30);2*1H2/t23-;21-;;/m00../s1. The average molecular weight is 966 g/mol. The number of benzene rings is 2. The van der Waals surface area contributed by atoms with Crippen molar-refractivity contribution in [3.63, 3.8) is 0 Å². The molecule has 2 aliphatic heterocycles. The van der Waals surface area contributed by atoms with Crippen LogP contribution in [0.15, 0.2) is 70.5 Å². The number of carboxylic acids is 1. The largest absolute Gasteiger partial charge is 0.505 e. The van der Waals surface area contributed by atoms with Crippen LogP contribution < -0.4 is 36.5 Å². The fraction of sp³-hybridized carbons (Fsp3) is 0.273. The number of amides is 3. The normalized spacial score (nSPS) is 16.5. The van der Waals surface area contributed by atoms with Crippen LogP contribution in [0.25, 0.3) is 22.1 Å². The van der Waals surface area contributed by atoms with E-state index in [0.29, 0.717) is 16.7 Å². The molecule has 8 rings (SSSR count). The van der Waals surface area contributed by atoms with E-state index in [-0.39, 0.29) is 93.1 Å². The van der Waals surface area contributed by atoms with Gasteiger partial charge in [0.1, 0.15) is 44.8 Å². The molecule has 0 aliphatic carbocycles. The number of nitrogens with zero attached hydrogens (tertiary/aromatic N) is 4. The van der Waals surface area contributed by atoms with Crippen molar-refractivity contribution in [1.29, 1.82) is 0 Å². The molecule has 6 heterocycles. The van der Waals surface area contributed by atoms with Crippen molar-refractivity contribution < 1.29 is 57.9 Å². The fourth-order valence-electron chi connectivity index (χ4n) is 7.59. The van der Waals surface area contributed by atoms with E-state index >= 15 is 0 Å². The van der Waals surface area contributed by atoms with Gasteiger partial charge in [0.05, 0.1) is 19.7 Å². The summed E-state index contributed by atoms with van der Waals surface area (Å²) in [7, 11) is 2.62. The molecule has 0 radical (unpaired) electrons. The van der Waals surface area contributed by atoms with Gasteiger partial charge in [0.15, 0.2) is 23.0 Å². The number of halogens is 2. The first kappa shape index (κ1) is 50.8. The van der Waals surface area contributed by atoms with Crippen LogP contribution >= 0.6 is 27.0 Å². The van der Waals surface area contributed by atoms with Crippen LogP contribution in [0.2, 0.25) is 0 Å². The van der Waals surface area contributed by atoms with Crippen LogP contribution in [0.3, 0.4) is 0 Å². The van der Waals surface area contributed by atoms with Gasteiger partial charge in [-0.2, -0.15) is 27.0 Å². The number of hydrogen-bond acceptors (Lipinski definition) is 13. The second kappa shape index (κ2) is 19.7. The van der Waals surface area contributed by atoms with E-state index in [1.807, 2.05) is 0 Å². The number of nitrogens with one attached hydrogen (secondary N) is 3. The quantitative estimate of drug-likeness (QED) is 0.104. The predicted octanol–water partition coefficient (Wildman–Crippen LogP) is 2.10. The minimum absolute atomic E-state index is 0. The zero-order valence-corrected chi connectivity index (χ0v) is 38.1. The first-order valence-corrected chi connectivity index (χ1v) is 19.8. The van der Waals surface area contributed by atoms with E-state index in [2.05, 4.69) is 25.9 Å². The SMILES string of the molecule is CNC(=O)c1c(O)c2ncc(Cc3ccc(F)cc3)c3c2n(c1=O)C[C@@](C)(C(=O)NCCO)O3.CNC(=O)c1c(O)c2ncc(Cc3ccc(F)cc3)c3c2n(c1=O)C[C@@](C)(C(=O)O)O3.S.S. The maximum Gasteiger partial charge on any atom is 0.349 e. The van der Waals surface area contributed by atoms with E-state index in [9.17, 15) is 52.9 Å². The molecule has 0 saturated carbocycles. The highest BCUT2D eigenvalue weighted by Gasteiger charge is 2.45. The summed E-state index contributed by atoms with van der Waals surface area (Å²) in [4.78, 5) is 84.3. The molecule has 19 nitrogen and oxygen atoms in total. The van der Waals surface area contributed by atoms with Crippen molar-refractivity contribution in [2.45, 2.75) is 51.0 Å². The molecule has 2 atom stereocenters. The van der Waals surface area contributed by atoms with Crippen LogP contribution in [-0.4, -0.2) is 102 Å². The number of rotatable bonds is 10. The van der Waals surface area contributed by atoms with Gasteiger partial charge < -0.3 is 45.9 Å². The number of aromatic nitrogens is 4. The highest BCUT2D eigenvalue weighted by atomic mass is 32.1. The molecule has 3 amide bonds. The summed E-state index contributed by atoms with van der Waals surface area (Å²) in [5.74, 6) is -5.33. The third kappa shape index (κ3) is 9.29. The van der Waals surface area contributed by atoms with Crippen molar-refractivity contribution in [2.24, 2.45) is 0 Å². The molecule has 0 unspecified atom stereocenters. The molecule has 6 aromatic rings. The van der Waals surface area contributed by atoms with Crippen molar-refractivity contribution in [1.82, 2.24) is 35.1 Å². The molecular weight excluding hydrogens is 921 g/mol. The van der Waals surface area contributed by atoms with Gasteiger partial charge in [-0.25, -0.2) is 13.6 Å². The van der Waals surface area contributed by atoms with Gasteiger partial charge in [-0.1, -0.05) is 24.3 Å². The number of carboxylic acid groups (broad SMARTS) is 1. The number of ether oxygens (including phenoxy) is 2. The zero-order chi connectivity index (χ0) is 47.1. The van der Waals surface area contributed by atoms with Gasteiger partial charge >= 0.3 is 5.97 Å². The van der Waals surface area contributed by atoms with Crippen LogP contribution in [0, 0.1) is 11.6 Å². The first-order valence-electron chi connectivity index (χ1n) is 19.8. The highest BCUT2D eigenvalue weighted by molar-refractivity contribution is 7.59. The number of aromatic hydroxyl groups is 2. The van der Waals surface area contributed by atoms with Gasteiger partial charge in [0.2, 0.25) is 11.2 Å². The lowest BCUT2D eigenvalue weighted by Crippen LogP contribution is -2.55. The number of aliphatic carboxylic acids is 1. The Morgan fingerprint density at radius 1 is 0.701 bits per heavy atom. The van der Waals surface area contributed by atoms with Gasteiger partial charge in [0.25, 0.3) is 28.8 Å². The number of aliphatic hydroxyl groups excluding tert-OH is 1. The molecule has 0 bridgehead atoms. The predicted molar refractivity (Wildman–Crippen MR) is 247 cm³/mol. The Morgan fingerprint density at radius 2 is 1.09 bits per heavy atom.